The summed E-state index contributed by atoms with van der Waals surface area (Å²) in [5, 5.41) is 3.05. The second-order valence-electron chi connectivity index (χ2n) is 5.96. The molecule has 0 saturated carbocycles. The van der Waals surface area contributed by atoms with Crippen molar-refractivity contribution in [2.45, 2.75) is 25.8 Å². The van der Waals surface area contributed by atoms with E-state index in [9.17, 15) is 18.0 Å². The van der Waals surface area contributed by atoms with Gasteiger partial charge in [-0.15, -0.1) is 0 Å². The highest BCUT2D eigenvalue weighted by molar-refractivity contribution is 7.91. The third-order valence-corrected chi connectivity index (χ3v) is 5.88. The number of sulfone groups is 1. The first-order chi connectivity index (χ1) is 9.22. The largest absolute Gasteiger partial charge is 0.369 e. The molecule has 0 aromatic heterocycles. The van der Waals surface area contributed by atoms with Gasteiger partial charge < -0.3 is 16.0 Å². The van der Waals surface area contributed by atoms with Crippen LogP contribution in [0.25, 0.3) is 0 Å². The molecular formula is C12H21N3O4S. The Bertz CT molecular complexity index is 519. The second-order valence-corrected chi connectivity index (χ2v) is 8.19. The van der Waals surface area contributed by atoms with Crippen molar-refractivity contribution in [1.29, 1.82) is 0 Å². The molecule has 2 heterocycles. The number of rotatable bonds is 3. The average Bonchev–Trinajstić information content (AvgIpc) is 2.72. The van der Waals surface area contributed by atoms with Gasteiger partial charge in [-0.05, 0) is 13.3 Å². The molecule has 0 radical (unpaired) electrons. The number of carbonyl (C=O) groups excluding carboxylic acids is 2. The number of nitrogens with two attached hydrogens (primary N) is 1. The number of nitrogens with zero attached hydrogens (tertiary/aromatic N) is 1. The topological polar surface area (TPSA) is 110 Å². The van der Waals surface area contributed by atoms with Gasteiger partial charge >= 0.3 is 0 Å². The first-order valence-corrected chi connectivity index (χ1v) is 8.55. The molecule has 20 heavy (non-hydrogen) atoms. The summed E-state index contributed by atoms with van der Waals surface area (Å²) >= 11 is 0. The van der Waals surface area contributed by atoms with Crippen molar-refractivity contribution < 1.29 is 18.0 Å². The Labute approximate surface area is 118 Å². The van der Waals surface area contributed by atoms with Crippen LogP contribution in [0.4, 0.5) is 0 Å². The summed E-state index contributed by atoms with van der Waals surface area (Å²) in [5.41, 5.74) is 4.68. The molecule has 2 atom stereocenters. The molecule has 2 amide bonds. The minimum Gasteiger partial charge on any atom is -0.369 e. The smallest absolute Gasteiger partial charge is 0.225 e. The Morgan fingerprint density at radius 3 is 2.70 bits per heavy atom. The summed E-state index contributed by atoms with van der Waals surface area (Å²) in [4.78, 5) is 25.1. The van der Waals surface area contributed by atoms with Gasteiger partial charge in [-0.25, -0.2) is 8.42 Å². The third-order valence-electron chi connectivity index (χ3n) is 4.14. The number of hydrogen-bond donors (Lipinski definition) is 2. The maximum atomic E-state index is 12.2. The summed E-state index contributed by atoms with van der Waals surface area (Å²) in [6.07, 6.45) is 0.707. The molecule has 2 fully saturated rings. The molecular weight excluding hydrogens is 282 g/mol. The predicted molar refractivity (Wildman–Crippen MR) is 73.6 cm³/mol. The van der Waals surface area contributed by atoms with Crippen LogP contribution in [0, 0.1) is 5.41 Å². The van der Waals surface area contributed by atoms with Gasteiger partial charge in [-0.2, -0.15) is 0 Å². The van der Waals surface area contributed by atoms with Crippen molar-refractivity contribution in [2.24, 2.45) is 11.1 Å². The lowest BCUT2D eigenvalue weighted by Gasteiger charge is -2.26. The fourth-order valence-electron chi connectivity index (χ4n) is 2.71. The van der Waals surface area contributed by atoms with Crippen LogP contribution in [-0.4, -0.2) is 62.3 Å². The number of hydrogen-bond acceptors (Lipinski definition) is 5. The number of likely N-dealkylation sites (tertiary alicyclic amines) is 1. The Balaban J connectivity index is 1.92. The summed E-state index contributed by atoms with van der Waals surface area (Å²) in [5.74, 6) is -0.392. The molecule has 0 bridgehead atoms. The Morgan fingerprint density at radius 1 is 1.45 bits per heavy atom. The van der Waals surface area contributed by atoms with Crippen LogP contribution in [0.1, 0.15) is 19.8 Å². The van der Waals surface area contributed by atoms with E-state index < -0.39 is 21.2 Å². The SMILES string of the molecule is CC1(C(N)=O)CCN(C(=O)CC2CS(=O)(=O)CCN2)C1. The molecule has 8 heteroatoms. The number of carbonyl (C=O) groups is 2. The minimum absolute atomic E-state index is 0.000330. The zero-order valence-electron chi connectivity index (χ0n) is 11.6. The fraction of sp³-hybridized carbons (Fsp3) is 0.833. The predicted octanol–water partition coefficient (Wildman–Crippen LogP) is -1.51. The minimum atomic E-state index is -3.04. The van der Waals surface area contributed by atoms with Crippen LogP contribution in [0.15, 0.2) is 0 Å². The number of primary amides is 1. The monoisotopic (exact) mass is 303 g/mol. The summed E-state index contributed by atoms with van der Waals surface area (Å²) < 4.78 is 23.1. The van der Waals surface area contributed by atoms with Crippen molar-refractivity contribution in [3.8, 4) is 0 Å². The van der Waals surface area contributed by atoms with Crippen LogP contribution in [0.2, 0.25) is 0 Å². The van der Waals surface area contributed by atoms with Crippen molar-refractivity contribution in [2.75, 3.05) is 31.1 Å². The molecule has 7 nitrogen and oxygen atoms in total. The number of amides is 2. The first-order valence-electron chi connectivity index (χ1n) is 6.73. The highest BCUT2D eigenvalue weighted by Gasteiger charge is 2.41. The van der Waals surface area contributed by atoms with Crippen LogP contribution in [0.3, 0.4) is 0 Å². The lowest BCUT2D eigenvalue weighted by Crippen LogP contribution is -2.48. The zero-order chi connectivity index (χ0) is 15.0. The Hall–Kier alpha value is -1.15. The molecule has 2 saturated heterocycles. The van der Waals surface area contributed by atoms with Gasteiger partial charge in [0.05, 0.1) is 16.9 Å². The van der Waals surface area contributed by atoms with Gasteiger partial charge in [0.25, 0.3) is 0 Å². The van der Waals surface area contributed by atoms with Crippen molar-refractivity contribution in [1.82, 2.24) is 10.2 Å². The van der Waals surface area contributed by atoms with Crippen molar-refractivity contribution >= 4 is 21.7 Å². The lowest BCUT2D eigenvalue weighted by molar-refractivity contribution is -0.132. The molecule has 0 spiro atoms. The standard InChI is InChI=1S/C12H21N3O4S/c1-12(11(13)17)2-4-15(8-12)10(16)6-9-7-20(18,19)5-3-14-9/h9,14H,2-8H2,1H3,(H2,13,17). The van der Waals surface area contributed by atoms with E-state index >= 15 is 0 Å². The Morgan fingerprint density at radius 2 is 2.15 bits per heavy atom. The highest BCUT2D eigenvalue weighted by Crippen LogP contribution is 2.29. The molecule has 0 aliphatic carbocycles. The van der Waals surface area contributed by atoms with Gasteiger partial charge in [-0.1, -0.05) is 0 Å². The van der Waals surface area contributed by atoms with E-state index in [0.29, 0.717) is 26.1 Å². The first kappa shape index (κ1) is 15.2. The summed E-state index contributed by atoms with van der Waals surface area (Å²) in [7, 11) is -3.04. The molecule has 0 aromatic carbocycles. The lowest BCUT2D eigenvalue weighted by atomic mass is 9.89. The van der Waals surface area contributed by atoms with E-state index in [0.717, 1.165) is 0 Å². The zero-order valence-corrected chi connectivity index (χ0v) is 12.4. The molecule has 0 aromatic rings. The molecule has 2 aliphatic rings. The van der Waals surface area contributed by atoms with E-state index in [4.69, 9.17) is 5.73 Å². The van der Waals surface area contributed by atoms with Gasteiger partial charge in [0.1, 0.15) is 0 Å². The van der Waals surface area contributed by atoms with E-state index in [1.165, 1.54) is 0 Å². The van der Waals surface area contributed by atoms with Gasteiger partial charge in [0, 0.05) is 32.1 Å². The molecule has 2 aliphatic heterocycles. The number of nitrogens with one attached hydrogen (secondary N) is 1. The summed E-state index contributed by atoms with van der Waals surface area (Å²) in [6, 6.07) is -0.332. The van der Waals surface area contributed by atoms with Crippen LogP contribution in [0.5, 0.6) is 0 Å². The van der Waals surface area contributed by atoms with Crippen LogP contribution < -0.4 is 11.1 Å². The maximum Gasteiger partial charge on any atom is 0.225 e. The second kappa shape index (κ2) is 5.33. The molecule has 2 rings (SSSR count). The Kier molecular flexibility index (Phi) is 4.06. The van der Waals surface area contributed by atoms with E-state index in [-0.39, 0.29) is 29.9 Å². The third kappa shape index (κ3) is 3.29. The van der Waals surface area contributed by atoms with Gasteiger partial charge in [-0.3, -0.25) is 9.59 Å². The van der Waals surface area contributed by atoms with Gasteiger partial charge in [0.2, 0.25) is 11.8 Å². The van der Waals surface area contributed by atoms with Crippen LogP contribution >= 0.6 is 0 Å². The maximum absolute atomic E-state index is 12.2. The van der Waals surface area contributed by atoms with E-state index in [1.807, 2.05) is 0 Å². The van der Waals surface area contributed by atoms with Gasteiger partial charge in [0.15, 0.2) is 9.84 Å². The van der Waals surface area contributed by atoms with E-state index in [1.54, 1.807) is 11.8 Å². The highest BCUT2D eigenvalue weighted by atomic mass is 32.2. The normalized spacial score (nSPS) is 33.0. The van der Waals surface area contributed by atoms with Crippen molar-refractivity contribution in [3.63, 3.8) is 0 Å². The average molecular weight is 303 g/mol. The summed E-state index contributed by atoms with van der Waals surface area (Å²) in [6.45, 7) is 2.96. The van der Waals surface area contributed by atoms with Crippen LogP contribution in [-0.2, 0) is 19.4 Å². The fourth-order valence-corrected chi connectivity index (χ4v) is 4.16. The van der Waals surface area contributed by atoms with Crippen molar-refractivity contribution in [3.05, 3.63) is 0 Å². The molecule has 114 valence electrons. The quantitative estimate of drug-likeness (QED) is 0.658. The molecule has 2 unspecified atom stereocenters. The van der Waals surface area contributed by atoms with E-state index in [2.05, 4.69) is 5.32 Å². The molecule has 3 N–H and O–H groups in total.